The zero-order chi connectivity index (χ0) is 18.8. The van der Waals surface area contributed by atoms with E-state index in [1.54, 1.807) is 14.2 Å². The van der Waals surface area contributed by atoms with Gasteiger partial charge in [-0.2, -0.15) is 0 Å². The van der Waals surface area contributed by atoms with Crippen molar-refractivity contribution in [3.8, 4) is 22.8 Å². The summed E-state index contributed by atoms with van der Waals surface area (Å²) >= 11 is 1.42. The first kappa shape index (κ1) is 18.3. The predicted molar refractivity (Wildman–Crippen MR) is 104 cm³/mol. The van der Waals surface area contributed by atoms with E-state index in [1.807, 2.05) is 28.5 Å². The van der Waals surface area contributed by atoms with Crippen LogP contribution < -0.4 is 9.47 Å². The van der Waals surface area contributed by atoms with E-state index in [0.29, 0.717) is 40.4 Å². The molecule has 2 heterocycles. The number of nitrogens with zero attached hydrogens (tertiary/aromatic N) is 2. The molecule has 0 aliphatic carbocycles. The summed E-state index contributed by atoms with van der Waals surface area (Å²) in [6.07, 6.45) is 0. The van der Waals surface area contributed by atoms with Crippen LogP contribution in [0.15, 0.2) is 29.3 Å². The molecular formula is C19H23N3O3S. The fourth-order valence-corrected chi connectivity index (χ4v) is 3.87. The average molecular weight is 373 g/mol. The molecule has 0 bridgehead atoms. The standard InChI is InChI=1S/C19H23N3O3S/c1-11(2)8-22-9-14(23)17(18(22)20)19-21-13(10-26-19)12-5-6-15(24-3)16(7-12)25-4/h5-7,10-11,20,23H,8-9H2,1-4H3. The Kier molecular flexibility index (Phi) is 5.18. The Morgan fingerprint density at radius 2 is 2.00 bits per heavy atom. The molecule has 0 amide bonds. The van der Waals surface area contributed by atoms with Gasteiger partial charge in [-0.3, -0.25) is 5.41 Å². The molecule has 1 aromatic heterocycles. The third-order valence-corrected chi connectivity index (χ3v) is 5.02. The van der Waals surface area contributed by atoms with Crippen LogP contribution in [0.2, 0.25) is 0 Å². The van der Waals surface area contributed by atoms with Gasteiger partial charge in [-0.1, -0.05) is 13.8 Å². The van der Waals surface area contributed by atoms with Crippen LogP contribution in [0.25, 0.3) is 16.8 Å². The molecule has 6 nitrogen and oxygen atoms in total. The second kappa shape index (κ2) is 7.37. The minimum absolute atomic E-state index is 0.212. The second-order valence-corrected chi connectivity index (χ2v) is 7.41. The summed E-state index contributed by atoms with van der Waals surface area (Å²) in [4.78, 5) is 6.53. The van der Waals surface area contributed by atoms with Crippen molar-refractivity contribution in [1.82, 2.24) is 9.88 Å². The first-order valence-electron chi connectivity index (χ1n) is 8.38. The average Bonchev–Trinajstić information content (AvgIpc) is 3.19. The van der Waals surface area contributed by atoms with Crippen molar-refractivity contribution >= 4 is 22.7 Å². The quantitative estimate of drug-likeness (QED) is 0.799. The molecule has 1 aliphatic heterocycles. The lowest BCUT2D eigenvalue weighted by molar-refractivity contribution is 0.329. The molecule has 3 rings (SSSR count). The first-order valence-corrected chi connectivity index (χ1v) is 9.26. The Labute approximate surface area is 157 Å². The van der Waals surface area contributed by atoms with Crippen LogP contribution >= 0.6 is 11.3 Å². The molecule has 0 saturated heterocycles. The van der Waals surface area contributed by atoms with Crippen molar-refractivity contribution in [2.24, 2.45) is 5.92 Å². The summed E-state index contributed by atoms with van der Waals surface area (Å²) in [5.74, 6) is 2.27. The van der Waals surface area contributed by atoms with E-state index in [4.69, 9.17) is 14.9 Å². The number of hydrogen-bond acceptors (Lipinski definition) is 6. The van der Waals surface area contributed by atoms with Crippen molar-refractivity contribution in [2.45, 2.75) is 13.8 Å². The molecule has 1 aromatic carbocycles. The largest absolute Gasteiger partial charge is 0.510 e. The van der Waals surface area contributed by atoms with Gasteiger partial charge in [0.25, 0.3) is 0 Å². The van der Waals surface area contributed by atoms with Crippen molar-refractivity contribution in [2.75, 3.05) is 27.3 Å². The number of hydrogen-bond donors (Lipinski definition) is 2. The van der Waals surface area contributed by atoms with E-state index in [0.717, 1.165) is 17.8 Å². The van der Waals surface area contributed by atoms with Gasteiger partial charge in [-0.15, -0.1) is 11.3 Å². The maximum absolute atomic E-state index is 10.4. The molecule has 26 heavy (non-hydrogen) atoms. The van der Waals surface area contributed by atoms with E-state index >= 15 is 0 Å². The first-order chi connectivity index (χ1) is 12.4. The third-order valence-electron chi connectivity index (χ3n) is 4.17. The third kappa shape index (κ3) is 3.39. The number of ether oxygens (including phenoxy) is 2. The van der Waals surface area contributed by atoms with Crippen LogP contribution in [-0.2, 0) is 0 Å². The highest BCUT2D eigenvalue weighted by molar-refractivity contribution is 7.11. The number of aromatic nitrogens is 1. The van der Waals surface area contributed by atoms with Gasteiger partial charge >= 0.3 is 0 Å². The number of aliphatic hydroxyl groups excluding tert-OH is 1. The lowest BCUT2D eigenvalue weighted by atomic mass is 10.1. The van der Waals surface area contributed by atoms with Gasteiger partial charge in [0.15, 0.2) is 11.5 Å². The molecular weight excluding hydrogens is 350 g/mol. The fourth-order valence-electron chi connectivity index (χ4n) is 2.97. The summed E-state index contributed by atoms with van der Waals surface area (Å²) in [5.41, 5.74) is 2.21. The highest BCUT2D eigenvalue weighted by atomic mass is 32.1. The van der Waals surface area contributed by atoms with Crippen molar-refractivity contribution in [3.63, 3.8) is 0 Å². The molecule has 7 heteroatoms. The van der Waals surface area contributed by atoms with Gasteiger partial charge in [0.2, 0.25) is 0 Å². The summed E-state index contributed by atoms with van der Waals surface area (Å²) in [7, 11) is 3.20. The molecule has 0 unspecified atom stereocenters. The van der Waals surface area contributed by atoms with E-state index in [-0.39, 0.29) is 5.76 Å². The monoisotopic (exact) mass is 373 g/mol. The molecule has 0 fully saturated rings. The van der Waals surface area contributed by atoms with Crippen molar-refractivity contribution in [3.05, 3.63) is 34.3 Å². The summed E-state index contributed by atoms with van der Waals surface area (Å²) < 4.78 is 10.6. The van der Waals surface area contributed by atoms with Crippen molar-refractivity contribution in [1.29, 1.82) is 5.41 Å². The number of methoxy groups -OCH3 is 2. The maximum Gasteiger partial charge on any atom is 0.161 e. The molecule has 2 N–H and O–H groups in total. The van der Waals surface area contributed by atoms with Crippen LogP contribution in [0.3, 0.4) is 0 Å². The zero-order valence-corrected chi connectivity index (χ0v) is 16.2. The van der Waals surface area contributed by atoms with Gasteiger partial charge in [0, 0.05) is 17.5 Å². The highest BCUT2D eigenvalue weighted by Crippen LogP contribution is 2.35. The maximum atomic E-state index is 10.4. The SMILES string of the molecule is COc1ccc(-c2csc(C3=C(O)CN(CC(C)C)C3=N)n2)cc1OC. The number of benzene rings is 1. The molecule has 2 aromatic rings. The molecule has 0 spiro atoms. The number of amidine groups is 1. The van der Waals surface area contributed by atoms with Gasteiger partial charge in [0.05, 0.1) is 32.0 Å². The zero-order valence-electron chi connectivity index (χ0n) is 15.4. The molecule has 1 aliphatic rings. The predicted octanol–water partition coefficient (Wildman–Crippen LogP) is 4.05. The van der Waals surface area contributed by atoms with Crippen LogP contribution in [-0.4, -0.2) is 48.1 Å². The second-order valence-electron chi connectivity index (χ2n) is 6.55. The Bertz CT molecular complexity index is 857. The van der Waals surface area contributed by atoms with Crippen LogP contribution in [0, 0.1) is 11.3 Å². The van der Waals surface area contributed by atoms with E-state index in [1.165, 1.54) is 11.3 Å². The van der Waals surface area contributed by atoms with E-state index in [2.05, 4.69) is 18.8 Å². The van der Waals surface area contributed by atoms with Gasteiger partial charge < -0.3 is 19.5 Å². The highest BCUT2D eigenvalue weighted by Gasteiger charge is 2.30. The van der Waals surface area contributed by atoms with Crippen LogP contribution in [0.4, 0.5) is 0 Å². The summed E-state index contributed by atoms with van der Waals surface area (Å²) in [6, 6.07) is 5.63. The van der Waals surface area contributed by atoms with Crippen LogP contribution in [0.1, 0.15) is 18.9 Å². The van der Waals surface area contributed by atoms with Crippen molar-refractivity contribution < 1.29 is 14.6 Å². The van der Waals surface area contributed by atoms with E-state index < -0.39 is 0 Å². The lowest BCUT2D eigenvalue weighted by Gasteiger charge is -2.20. The number of thiazole rings is 1. The minimum atomic E-state index is 0.212. The topological polar surface area (TPSA) is 78.7 Å². The van der Waals surface area contributed by atoms with Gasteiger partial charge in [0.1, 0.15) is 16.6 Å². The Balaban J connectivity index is 1.89. The Hall–Kier alpha value is -2.54. The number of nitrogens with one attached hydrogen (secondary N) is 1. The smallest absolute Gasteiger partial charge is 0.161 e. The normalized spacial score (nSPS) is 14.5. The van der Waals surface area contributed by atoms with Gasteiger partial charge in [-0.05, 0) is 24.1 Å². The molecule has 138 valence electrons. The molecule has 0 atom stereocenters. The summed E-state index contributed by atoms with van der Waals surface area (Å²) in [5, 5.41) is 21.3. The van der Waals surface area contributed by atoms with Crippen LogP contribution in [0.5, 0.6) is 11.5 Å². The summed E-state index contributed by atoms with van der Waals surface area (Å²) in [6.45, 7) is 5.31. The number of aliphatic hydroxyl groups is 1. The Morgan fingerprint density at radius 3 is 2.65 bits per heavy atom. The fraction of sp³-hybridized carbons (Fsp3) is 0.368. The number of rotatable bonds is 6. The molecule has 0 saturated carbocycles. The lowest BCUT2D eigenvalue weighted by Crippen LogP contribution is -2.30. The van der Waals surface area contributed by atoms with E-state index in [9.17, 15) is 5.11 Å². The molecule has 0 radical (unpaired) electrons. The van der Waals surface area contributed by atoms with Gasteiger partial charge in [-0.25, -0.2) is 4.98 Å². The Morgan fingerprint density at radius 1 is 1.27 bits per heavy atom. The minimum Gasteiger partial charge on any atom is -0.510 e.